The fourth-order valence-electron chi connectivity index (χ4n) is 7.60. The summed E-state index contributed by atoms with van der Waals surface area (Å²) in [7, 11) is 0. The molecular weight excluding hydrogens is 556 g/mol. The van der Waals surface area contributed by atoms with Crippen LogP contribution < -0.4 is 0 Å². The minimum atomic E-state index is -0.154. The van der Waals surface area contributed by atoms with Crippen molar-refractivity contribution in [2.24, 2.45) is 15.9 Å². The molecule has 7 rings (SSSR count). The van der Waals surface area contributed by atoms with Crippen LogP contribution in [0.15, 0.2) is 156 Å². The van der Waals surface area contributed by atoms with Gasteiger partial charge < -0.3 is 0 Å². The van der Waals surface area contributed by atoms with Gasteiger partial charge in [0.05, 0.1) is 5.70 Å². The highest BCUT2D eigenvalue weighted by molar-refractivity contribution is 6.13. The highest BCUT2D eigenvalue weighted by Crippen LogP contribution is 2.60. The first-order chi connectivity index (χ1) is 22.5. The molecule has 1 fully saturated rings. The number of hydrogen-bond donors (Lipinski definition) is 0. The van der Waals surface area contributed by atoms with Crippen LogP contribution in [0.2, 0.25) is 0 Å². The molecule has 1 saturated carbocycles. The molecule has 0 aliphatic heterocycles. The van der Waals surface area contributed by atoms with E-state index in [1.165, 1.54) is 51.8 Å². The van der Waals surface area contributed by atoms with Crippen LogP contribution in [-0.2, 0) is 5.41 Å². The zero-order valence-corrected chi connectivity index (χ0v) is 26.8. The Kier molecular flexibility index (Phi) is 7.96. The number of aliphatic imine (C=N–C) groups is 2. The van der Waals surface area contributed by atoms with Gasteiger partial charge in [0.2, 0.25) is 0 Å². The van der Waals surface area contributed by atoms with Crippen molar-refractivity contribution in [3.63, 3.8) is 0 Å². The molecule has 0 aromatic heterocycles. The van der Waals surface area contributed by atoms with Gasteiger partial charge >= 0.3 is 0 Å². The molecule has 5 aromatic carbocycles. The van der Waals surface area contributed by atoms with Crippen molar-refractivity contribution >= 4 is 17.2 Å². The lowest BCUT2D eigenvalue weighted by Gasteiger charge is -2.42. The van der Waals surface area contributed by atoms with Gasteiger partial charge in [-0.25, -0.2) is 9.98 Å². The van der Waals surface area contributed by atoms with Gasteiger partial charge in [0.15, 0.2) is 5.84 Å². The third-order valence-corrected chi connectivity index (χ3v) is 10.1. The summed E-state index contributed by atoms with van der Waals surface area (Å²) in [6.07, 6.45) is 4.62. The molecule has 46 heavy (non-hydrogen) atoms. The summed E-state index contributed by atoms with van der Waals surface area (Å²) in [4.78, 5) is 10.1. The maximum absolute atomic E-state index is 5.13. The van der Waals surface area contributed by atoms with Crippen LogP contribution in [0.3, 0.4) is 0 Å². The minimum Gasteiger partial charge on any atom is -0.233 e. The Balaban J connectivity index is 1.32. The number of fused-ring (bicyclic) bond motifs is 5. The Morgan fingerprint density at radius 1 is 0.717 bits per heavy atom. The fourth-order valence-corrected chi connectivity index (χ4v) is 7.60. The molecule has 2 aliphatic carbocycles. The highest BCUT2D eigenvalue weighted by Gasteiger charge is 2.48. The lowest BCUT2D eigenvalue weighted by atomic mass is 9.61. The summed E-state index contributed by atoms with van der Waals surface area (Å²) in [5, 5.41) is 0. The monoisotopic (exact) mass is 596 g/mol. The van der Waals surface area contributed by atoms with E-state index >= 15 is 0 Å². The molecular formula is C44H40N2. The smallest absolute Gasteiger partial charge is 0.160 e. The molecule has 0 N–H and O–H groups in total. The number of rotatable bonds is 6. The van der Waals surface area contributed by atoms with E-state index in [4.69, 9.17) is 16.6 Å². The highest BCUT2D eigenvalue weighted by atomic mass is 14.9. The van der Waals surface area contributed by atoms with Crippen LogP contribution in [0.25, 0.3) is 28.0 Å². The molecule has 2 aliphatic rings. The maximum atomic E-state index is 5.13. The zero-order valence-electron chi connectivity index (χ0n) is 26.8. The van der Waals surface area contributed by atoms with Gasteiger partial charge in [-0.1, -0.05) is 153 Å². The second-order valence-electron chi connectivity index (χ2n) is 12.7. The van der Waals surface area contributed by atoms with Crippen molar-refractivity contribution in [1.29, 1.82) is 0 Å². The van der Waals surface area contributed by atoms with Crippen LogP contribution in [0.4, 0.5) is 0 Å². The van der Waals surface area contributed by atoms with E-state index in [1.54, 1.807) is 0 Å². The Morgan fingerprint density at radius 2 is 1.35 bits per heavy atom. The second-order valence-corrected chi connectivity index (χ2v) is 12.7. The largest absolute Gasteiger partial charge is 0.233 e. The van der Waals surface area contributed by atoms with Crippen molar-refractivity contribution in [3.05, 3.63) is 174 Å². The number of hydrogen-bond acceptors (Lipinski definition) is 1. The minimum absolute atomic E-state index is 0.154. The first-order valence-corrected chi connectivity index (χ1v) is 16.5. The average molecular weight is 597 g/mol. The Labute approximate surface area is 273 Å². The number of allylic oxidation sites excluding steroid dienone is 1. The van der Waals surface area contributed by atoms with Gasteiger partial charge in [-0.05, 0) is 82.7 Å². The second kappa shape index (κ2) is 12.4. The van der Waals surface area contributed by atoms with Crippen molar-refractivity contribution < 1.29 is 0 Å². The number of amidine groups is 1. The third kappa shape index (κ3) is 5.18. The lowest BCUT2D eigenvalue weighted by Crippen LogP contribution is -2.33. The fraction of sp³-hybridized carbons (Fsp3) is 0.182. The van der Waals surface area contributed by atoms with Crippen LogP contribution >= 0.6 is 0 Å². The van der Waals surface area contributed by atoms with Crippen LogP contribution in [0.1, 0.15) is 67.3 Å². The first kappa shape index (κ1) is 29.6. The molecule has 226 valence electrons. The molecule has 0 saturated heterocycles. The molecule has 0 bridgehead atoms. The van der Waals surface area contributed by atoms with Gasteiger partial charge in [0, 0.05) is 16.7 Å². The quantitative estimate of drug-likeness (QED) is 0.106. The first-order valence-electron chi connectivity index (χ1n) is 16.5. The maximum Gasteiger partial charge on any atom is 0.160 e. The van der Waals surface area contributed by atoms with E-state index in [2.05, 4.69) is 99.3 Å². The van der Waals surface area contributed by atoms with E-state index in [1.807, 2.05) is 48.5 Å². The summed E-state index contributed by atoms with van der Waals surface area (Å²) < 4.78 is 0. The molecule has 0 heterocycles. The summed E-state index contributed by atoms with van der Waals surface area (Å²) in [6, 6.07) is 44.9. The van der Waals surface area contributed by atoms with Gasteiger partial charge in [0.25, 0.3) is 0 Å². The van der Waals surface area contributed by atoms with Gasteiger partial charge in [0.1, 0.15) is 0 Å². The summed E-state index contributed by atoms with van der Waals surface area (Å²) in [5.74, 6) is 1.36. The predicted molar refractivity (Wildman–Crippen MR) is 196 cm³/mol. The van der Waals surface area contributed by atoms with Crippen LogP contribution in [0.5, 0.6) is 0 Å². The molecule has 2 unspecified atom stereocenters. The summed E-state index contributed by atoms with van der Waals surface area (Å²) in [5.41, 5.74) is 13.8. The van der Waals surface area contributed by atoms with E-state index in [0.717, 1.165) is 35.2 Å². The molecule has 1 spiro atoms. The molecule has 2 atom stereocenters. The van der Waals surface area contributed by atoms with Crippen LogP contribution in [-0.4, -0.2) is 11.5 Å². The van der Waals surface area contributed by atoms with Crippen molar-refractivity contribution in [2.45, 2.75) is 44.9 Å². The SMILES string of the molecule is C=C(/N=C(\N=C(/C)c1cccc(-c2cccc3c2C2(CCC(CC)CC2=C)c2ccccc2-3)c1)c1ccccc1)c1ccccc1. The molecule has 0 radical (unpaired) electrons. The summed E-state index contributed by atoms with van der Waals surface area (Å²) >= 11 is 0. The number of nitrogens with zero attached hydrogens (tertiary/aromatic N) is 2. The van der Waals surface area contributed by atoms with Crippen molar-refractivity contribution in [1.82, 2.24) is 0 Å². The van der Waals surface area contributed by atoms with Gasteiger partial charge in [-0.15, -0.1) is 0 Å². The number of benzene rings is 5. The standard InChI is InChI=1S/C44H40N2/c1-5-33-26-27-44(30(2)28-33)41-25-13-12-22-39(41)40-24-15-23-38(42(40)44)37-21-14-20-36(29-37)32(4)46-43(35-18-10-7-11-19-35)45-31(3)34-16-8-6-9-17-34/h6-25,29,33H,2-3,5,26-28H2,1,4H3/b45-43-,46-32+. The Morgan fingerprint density at radius 3 is 2.09 bits per heavy atom. The van der Waals surface area contributed by atoms with Crippen molar-refractivity contribution in [2.75, 3.05) is 0 Å². The zero-order chi connectivity index (χ0) is 31.7. The molecule has 0 amide bonds. The topological polar surface area (TPSA) is 24.7 Å². The molecule has 2 heteroatoms. The Hall–Kier alpha value is -5.08. The van der Waals surface area contributed by atoms with E-state index in [-0.39, 0.29) is 5.41 Å². The van der Waals surface area contributed by atoms with E-state index < -0.39 is 0 Å². The van der Waals surface area contributed by atoms with Gasteiger partial charge in [-0.2, -0.15) is 0 Å². The molecule has 2 nitrogen and oxygen atoms in total. The lowest BCUT2D eigenvalue weighted by molar-refractivity contribution is 0.339. The summed E-state index contributed by atoms with van der Waals surface area (Å²) in [6.45, 7) is 13.5. The normalized spacial score (nSPS) is 19.2. The molecule has 5 aromatic rings. The average Bonchev–Trinajstić information content (AvgIpc) is 3.40. The third-order valence-electron chi connectivity index (χ3n) is 10.1. The predicted octanol–water partition coefficient (Wildman–Crippen LogP) is 11.3. The van der Waals surface area contributed by atoms with Crippen molar-refractivity contribution in [3.8, 4) is 22.3 Å². The van der Waals surface area contributed by atoms with Gasteiger partial charge in [-0.3, -0.25) is 0 Å². The Bertz CT molecular complexity index is 2000. The van der Waals surface area contributed by atoms with Crippen LogP contribution in [0, 0.1) is 5.92 Å². The van der Waals surface area contributed by atoms with E-state index in [0.29, 0.717) is 17.5 Å². The van der Waals surface area contributed by atoms with E-state index in [9.17, 15) is 0 Å².